The zero-order valence-electron chi connectivity index (χ0n) is 12.5. The molecule has 2 amide bonds. The molecule has 0 atom stereocenters. The molecule has 0 aliphatic carbocycles. The molecule has 0 radical (unpaired) electrons. The third-order valence-corrected chi connectivity index (χ3v) is 3.04. The molecular weight excluding hydrogens is 272 g/mol. The molecule has 1 N–H and O–H groups in total. The fourth-order valence-corrected chi connectivity index (χ4v) is 1.65. The molecule has 1 aromatic carbocycles. The Morgan fingerprint density at radius 3 is 2.52 bits per heavy atom. The van der Waals surface area contributed by atoms with E-state index in [1.807, 2.05) is 31.2 Å². The van der Waals surface area contributed by atoms with Gasteiger partial charge in [0.15, 0.2) is 6.61 Å². The van der Waals surface area contributed by atoms with Crippen LogP contribution in [0.25, 0.3) is 0 Å². The predicted octanol–water partition coefficient (Wildman–Crippen LogP) is 0.285. The fourth-order valence-electron chi connectivity index (χ4n) is 1.65. The molecule has 1 aromatic rings. The molecule has 6 heteroatoms. The third-order valence-electron chi connectivity index (χ3n) is 3.04. The van der Waals surface area contributed by atoms with Gasteiger partial charge in [-0.25, -0.2) is 0 Å². The zero-order chi connectivity index (χ0) is 15.8. The number of rotatable bonds is 6. The van der Waals surface area contributed by atoms with Gasteiger partial charge < -0.3 is 15.0 Å². The fraction of sp³-hybridized carbons (Fsp3) is 0.400. The van der Waals surface area contributed by atoms with Crippen LogP contribution in [0, 0.1) is 6.92 Å². The average molecular weight is 292 g/mol. The maximum Gasteiger partial charge on any atom is 0.310 e. The lowest BCUT2D eigenvalue weighted by Crippen LogP contribution is -2.39. The van der Waals surface area contributed by atoms with E-state index in [0.717, 1.165) is 11.1 Å². The van der Waals surface area contributed by atoms with E-state index in [2.05, 4.69) is 5.32 Å². The smallest absolute Gasteiger partial charge is 0.310 e. The number of esters is 1. The molecule has 0 bridgehead atoms. The molecule has 0 unspecified atom stereocenters. The molecule has 0 saturated carbocycles. The van der Waals surface area contributed by atoms with Crippen molar-refractivity contribution in [3.8, 4) is 0 Å². The van der Waals surface area contributed by atoms with E-state index in [1.165, 1.54) is 19.0 Å². The number of ether oxygens (including phenoxy) is 1. The number of amides is 2. The minimum absolute atomic E-state index is 0.0648. The molecule has 21 heavy (non-hydrogen) atoms. The van der Waals surface area contributed by atoms with E-state index in [0.29, 0.717) is 0 Å². The highest BCUT2D eigenvalue weighted by molar-refractivity contribution is 5.86. The summed E-state index contributed by atoms with van der Waals surface area (Å²) in [6.07, 6.45) is 0.124. The molecule has 0 fully saturated rings. The highest BCUT2D eigenvalue weighted by atomic mass is 16.5. The molecule has 0 aliphatic rings. The number of aryl methyl sites for hydroxylation is 1. The molecule has 0 heterocycles. The highest BCUT2D eigenvalue weighted by Gasteiger charge is 2.15. The van der Waals surface area contributed by atoms with E-state index in [9.17, 15) is 14.4 Å². The number of likely N-dealkylation sites (N-methyl/N-ethyl adjacent to an activating group) is 2. The van der Waals surface area contributed by atoms with Gasteiger partial charge in [0, 0.05) is 14.1 Å². The van der Waals surface area contributed by atoms with Crippen molar-refractivity contribution in [3.63, 3.8) is 0 Å². The van der Waals surface area contributed by atoms with Crippen molar-refractivity contribution in [2.45, 2.75) is 13.3 Å². The van der Waals surface area contributed by atoms with Crippen LogP contribution in [0.5, 0.6) is 0 Å². The molecule has 1 rings (SSSR count). The molecular formula is C15H20N2O4. The maximum atomic E-state index is 11.7. The van der Waals surface area contributed by atoms with E-state index < -0.39 is 11.9 Å². The summed E-state index contributed by atoms with van der Waals surface area (Å²) in [6, 6.07) is 7.49. The summed E-state index contributed by atoms with van der Waals surface area (Å²) in [5.41, 5.74) is 1.87. The van der Waals surface area contributed by atoms with Gasteiger partial charge in [0.1, 0.15) is 0 Å². The summed E-state index contributed by atoms with van der Waals surface area (Å²) in [4.78, 5) is 35.7. The van der Waals surface area contributed by atoms with Gasteiger partial charge >= 0.3 is 5.97 Å². The Bertz CT molecular complexity index is 528. The third kappa shape index (κ3) is 5.64. The first-order chi connectivity index (χ1) is 9.93. The number of nitrogens with zero attached hydrogens (tertiary/aromatic N) is 1. The molecule has 6 nitrogen and oxygen atoms in total. The summed E-state index contributed by atoms with van der Waals surface area (Å²) in [5.74, 6) is -1.17. The van der Waals surface area contributed by atoms with Crippen LogP contribution in [0.2, 0.25) is 0 Å². The summed E-state index contributed by atoms with van der Waals surface area (Å²) >= 11 is 0. The van der Waals surface area contributed by atoms with E-state index in [4.69, 9.17) is 4.74 Å². The quantitative estimate of drug-likeness (QED) is 0.764. The van der Waals surface area contributed by atoms with Crippen LogP contribution in [-0.4, -0.2) is 49.9 Å². The molecule has 0 aromatic heterocycles. The molecule has 0 spiro atoms. The van der Waals surface area contributed by atoms with Crippen LogP contribution >= 0.6 is 0 Å². The van der Waals surface area contributed by atoms with Gasteiger partial charge in [0.25, 0.3) is 5.91 Å². The topological polar surface area (TPSA) is 75.7 Å². The number of carbonyl (C=O) groups excluding carboxylic acids is 3. The minimum atomic E-state index is -0.467. The average Bonchev–Trinajstić information content (AvgIpc) is 2.46. The number of hydrogen-bond acceptors (Lipinski definition) is 4. The monoisotopic (exact) mass is 292 g/mol. The summed E-state index contributed by atoms with van der Waals surface area (Å²) in [5, 5.41) is 2.41. The standard InChI is InChI=1S/C15H20N2O4/c1-11-6-4-5-7-12(11)8-15(20)21-10-14(19)17(3)9-13(18)16-2/h4-7H,8-10H2,1-3H3,(H,16,18). The summed E-state index contributed by atoms with van der Waals surface area (Å²) in [7, 11) is 2.97. The van der Waals surface area contributed by atoms with Crippen molar-refractivity contribution in [1.82, 2.24) is 10.2 Å². The lowest BCUT2D eigenvalue weighted by molar-refractivity contribution is -0.151. The Balaban J connectivity index is 2.41. The minimum Gasteiger partial charge on any atom is -0.455 e. The van der Waals surface area contributed by atoms with Crippen LogP contribution in [0.4, 0.5) is 0 Å². The van der Waals surface area contributed by atoms with Gasteiger partial charge in [-0.15, -0.1) is 0 Å². The lowest BCUT2D eigenvalue weighted by Gasteiger charge is -2.16. The highest BCUT2D eigenvalue weighted by Crippen LogP contribution is 2.08. The van der Waals surface area contributed by atoms with E-state index >= 15 is 0 Å². The van der Waals surface area contributed by atoms with Crippen LogP contribution in [-0.2, 0) is 25.5 Å². The largest absolute Gasteiger partial charge is 0.455 e. The van der Waals surface area contributed by atoms with Gasteiger partial charge in [0.2, 0.25) is 5.91 Å². The van der Waals surface area contributed by atoms with Crippen molar-refractivity contribution in [2.75, 3.05) is 27.2 Å². The van der Waals surface area contributed by atoms with Crippen molar-refractivity contribution in [3.05, 3.63) is 35.4 Å². The Morgan fingerprint density at radius 1 is 1.24 bits per heavy atom. The second kappa shape index (κ2) is 8.04. The molecule has 114 valence electrons. The Kier molecular flexibility index (Phi) is 6.39. The number of nitrogens with one attached hydrogen (secondary N) is 1. The SMILES string of the molecule is CNC(=O)CN(C)C(=O)COC(=O)Cc1ccccc1C. The normalized spacial score (nSPS) is 9.86. The van der Waals surface area contributed by atoms with Crippen LogP contribution in [0.1, 0.15) is 11.1 Å². The second-order valence-corrected chi connectivity index (χ2v) is 4.69. The van der Waals surface area contributed by atoms with E-state index in [1.54, 1.807) is 0 Å². The van der Waals surface area contributed by atoms with Crippen molar-refractivity contribution in [1.29, 1.82) is 0 Å². The number of hydrogen-bond donors (Lipinski definition) is 1. The number of carbonyl (C=O) groups is 3. The van der Waals surface area contributed by atoms with Crippen molar-refractivity contribution < 1.29 is 19.1 Å². The van der Waals surface area contributed by atoms with Gasteiger partial charge in [-0.3, -0.25) is 14.4 Å². The first kappa shape index (κ1) is 16.7. The second-order valence-electron chi connectivity index (χ2n) is 4.69. The van der Waals surface area contributed by atoms with Gasteiger partial charge in [-0.05, 0) is 18.1 Å². The van der Waals surface area contributed by atoms with E-state index in [-0.39, 0.29) is 25.5 Å². The zero-order valence-corrected chi connectivity index (χ0v) is 12.5. The van der Waals surface area contributed by atoms with Gasteiger partial charge in [-0.2, -0.15) is 0 Å². The molecule has 0 aliphatic heterocycles. The van der Waals surface area contributed by atoms with Crippen LogP contribution in [0.15, 0.2) is 24.3 Å². The lowest BCUT2D eigenvalue weighted by atomic mass is 10.1. The summed E-state index contributed by atoms with van der Waals surface area (Å²) in [6.45, 7) is 1.48. The molecule has 0 saturated heterocycles. The van der Waals surface area contributed by atoms with Gasteiger partial charge in [0.05, 0.1) is 13.0 Å². The van der Waals surface area contributed by atoms with Crippen LogP contribution in [0.3, 0.4) is 0 Å². The Morgan fingerprint density at radius 2 is 1.90 bits per heavy atom. The van der Waals surface area contributed by atoms with Crippen molar-refractivity contribution in [2.24, 2.45) is 0 Å². The predicted molar refractivity (Wildman–Crippen MR) is 77.5 cm³/mol. The Hall–Kier alpha value is -2.37. The first-order valence-electron chi connectivity index (χ1n) is 6.58. The maximum absolute atomic E-state index is 11.7. The van der Waals surface area contributed by atoms with Crippen LogP contribution < -0.4 is 5.32 Å². The van der Waals surface area contributed by atoms with Crippen molar-refractivity contribution >= 4 is 17.8 Å². The summed E-state index contributed by atoms with van der Waals surface area (Å²) < 4.78 is 4.94. The first-order valence-corrected chi connectivity index (χ1v) is 6.58. The Labute approximate surface area is 124 Å². The van der Waals surface area contributed by atoms with Gasteiger partial charge in [-0.1, -0.05) is 24.3 Å². The number of benzene rings is 1.